The van der Waals surface area contributed by atoms with Crippen LogP contribution >= 0.6 is 0 Å². The van der Waals surface area contributed by atoms with Gasteiger partial charge in [-0.1, -0.05) is 51.1 Å². The Morgan fingerprint density at radius 1 is 1.00 bits per heavy atom. The average Bonchev–Trinajstić information content (AvgIpc) is 3.08. The highest BCUT2D eigenvalue weighted by Gasteiger charge is 2.47. The predicted molar refractivity (Wildman–Crippen MR) is 134 cm³/mol. The minimum Gasteiger partial charge on any atom is -0.507 e. The zero-order valence-electron chi connectivity index (χ0n) is 20.4. The van der Waals surface area contributed by atoms with Gasteiger partial charge in [-0.25, -0.2) is 4.39 Å². The van der Waals surface area contributed by atoms with Crippen molar-refractivity contribution in [2.24, 2.45) is 0 Å². The van der Waals surface area contributed by atoms with Crippen molar-refractivity contribution < 1.29 is 23.8 Å². The van der Waals surface area contributed by atoms with E-state index in [0.717, 1.165) is 11.1 Å². The summed E-state index contributed by atoms with van der Waals surface area (Å²) in [4.78, 5) is 27.9. The Labute approximate surface area is 204 Å². The van der Waals surface area contributed by atoms with Crippen LogP contribution < -0.4 is 9.64 Å². The van der Waals surface area contributed by atoms with E-state index in [1.807, 2.05) is 33.8 Å². The van der Waals surface area contributed by atoms with Crippen LogP contribution in [0.5, 0.6) is 5.75 Å². The second-order valence-electron chi connectivity index (χ2n) is 9.69. The van der Waals surface area contributed by atoms with Crippen LogP contribution in [0.3, 0.4) is 0 Å². The Balaban J connectivity index is 1.99. The van der Waals surface area contributed by atoms with Gasteiger partial charge in [-0.15, -0.1) is 0 Å². The van der Waals surface area contributed by atoms with Crippen LogP contribution in [0.1, 0.15) is 49.1 Å². The van der Waals surface area contributed by atoms with E-state index in [1.165, 1.54) is 23.1 Å². The number of aryl methyl sites for hydroxylation is 1. The largest absolute Gasteiger partial charge is 0.507 e. The van der Waals surface area contributed by atoms with Crippen molar-refractivity contribution in [3.05, 3.63) is 100 Å². The van der Waals surface area contributed by atoms with Crippen LogP contribution in [0, 0.1) is 12.7 Å². The van der Waals surface area contributed by atoms with Gasteiger partial charge >= 0.3 is 0 Å². The van der Waals surface area contributed by atoms with Crippen LogP contribution in [0.25, 0.3) is 5.76 Å². The van der Waals surface area contributed by atoms with Crippen molar-refractivity contribution in [1.29, 1.82) is 0 Å². The van der Waals surface area contributed by atoms with Crippen molar-refractivity contribution in [2.75, 3.05) is 12.0 Å². The molecule has 1 atom stereocenters. The number of aliphatic hydroxyl groups excluding tert-OH is 1. The summed E-state index contributed by atoms with van der Waals surface area (Å²) in [5.74, 6) is -1.99. The Bertz CT molecular complexity index is 1350. The fourth-order valence-electron chi connectivity index (χ4n) is 4.46. The first-order valence-corrected chi connectivity index (χ1v) is 11.4. The summed E-state index contributed by atoms with van der Waals surface area (Å²) < 4.78 is 20.5. The Morgan fingerprint density at radius 2 is 1.71 bits per heavy atom. The SMILES string of the molecule is COc1ccc(/C(O)=C2\C(=O)C(=O)N(c3cccc(C)c3)C2c2ccccc2F)cc1C(C)(C)C. The van der Waals surface area contributed by atoms with Gasteiger partial charge in [0.15, 0.2) is 0 Å². The molecule has 4 rings (SSSR count). The molecule has 1 unspecified atom stereocenters. The van der Waals surface area contributed by atoms with Crippen molar-refractivity contribution in [2.45, 2.75) is 39.2 Å². The van der Waals surface area contributed by atoms with Crippen molar-refractivity contribution >= 4 is 23.1 Å². The second-order valence-corrected chi connectivity index (χ2v) is 9.69. The summed E-state index contributed by atoms with van der Waals surface area (Å²) in [6.45, 7) is 7.88. The summed E-state index contributed by atoms with van der Waals surface area (Å²) in [6, 6.07) is 17.0. The van der Waals surface area contributed by atoms with Gasteiger partial charge in [-0.05, 0) is 54.3 Å². The maximum Gasteiger partial charge on any atom is 0.300 e. The molecular weight excluding hydrogens is 445 g/mol. The molecule has 0 saturated carbocycles. The van der Waals surface area contributed by atoms with Gasteiger partial charge in [0.05, 0.1) is 18.7 Å². The van der Waals surface area contributed by atoms with E-state index in [-0.39, 0.29) is 22.3 Å². The number of anilines is 1. The fraction of sp³-hybridized carbons (Fsp3) is 0.241. The van der Waals surface area contributed by atoms with Gasteiger partial charge < -0.3 is 9.84 Å². The molecule has 180 valence electrons. The fourth-order valence-corrected chi connectivity index (χ4v) is 4.46. The highest BCUT2D eigenvalue weighted by Crippen LogP contribution is 2.44. The Kier molecular flexibility index (Phi) is 6.24. The molecule has 1 amide bonds. The normalized spacial score (nSPS) is 17.7. The number of hydrogen-bond acceptors (Lipinski definition) is 4. The molecule has 3 aromatic carbocycles. The quantitative estimate of drug-likeness (QED) is 0.284. The minimum absolute atomic E-state index is 0.124. The number of carbonyl (C=O) groups excluding carboxylic acids is 2. The minimum atomic E-state index is -1.13. The van der Waals surface area contributed by atoms with Crippen LogP contribution in [-0.4, -0.2) is 23.9 Å². The number of methoxy groups -OCH3 is 1. The number of ketones is 1. The zero-order valence-corrected chi connectivity index (χ0v) is 20.4. The van der Waals surface area contributed by atoms with E-state index in [1.54, 1.807) is 49.6 Å². The summed E-state index contributed by atoms with van der Waals surface area (Å²) in [6.07, 6.45) is 0. The number of Topliss-reactive ketones (excluding diaryl/α,β-unsaturated/α-hetero) is 1. The molecule has 1 aliphatic heterocycles. The van der Waals surface area contributed by atoms with E-state index in [2.05, 4.69) is 0 Å². The lowest BCUT2D eigenvalue weighted by Crippen LogP contribution is -2.29. The van der Waals surface area contributed by atoms with E-state index in [0.29, 0.717) is 17.0 Å². The lowest BCUT2D eigenvalue weighted by atomic mass is 9.84. The zero-order chi connectivity index (χ0) is 25.5. The lowest BCUT2D eigenvalue weighted by Gasteiger charge is -2.26. The number of rotatable bonds is 4. The summed E-state index contributed by atoms with van der Waals surface area (Å²) in [7, 11) is 1.57. The van der Waals surface area contributed by atoms with E-state index in [9.17, 15) is 14.7 Å². The molecular formula is C29H28FNO4. The molecule has 1 N–H and O–H groups in total. The third-order valence-corrected chi connectivity index (χ3v) is 6.20. The third kappa shape index (κ3) is 4.32. The summed E-state index contributed by atoms with van der Waals surface area (Å²) in [5, 5.41) is 11.4. The highest BCUT2D eigenvalue weighted by molar-refractivity contribution is 6.51. The van der Waals surface area contributed by atoms with E-state index >= 15 is 4.39 Å². The van der Waals surface area contributed by atoms with Crippen LogP contribution in [0.15, 0.2) is 72.3 Å². The second kappa shape index (κ2) is 9.02. The number of hydrogen-bond donors (Lipinski definition) is 1. The monoisotopic (exact) mass is 473 g/mol. The van der Waals surface area contributed by atoms with Gasteiger partial charge in [0.2, 0.25) is 0 Å². The van der Waals surface area contributed by atoms with Gasteiger partial charge in [-0.3, -0.25) is 14.5 Å². The van der Waals surface area contributed by atoms with Gasteiger partial charge in [-0.2, -0.15) is 0 Å². The first-order chi connectivity index (χ1) is 16.5. The first-order valence-electron chi connectivity index (χ1n) is 11.4. The number of halogens is 1. The molecule has 35 heavy (non-hydrogen) atoms. The molecule has 0 bridgehead atoms. The number of carbonyl (C=O) groups is 2. The molecule has 0 spiro atoms. The Morgan fingerprint density at radius 3 is 2.34 bits per heavy atom. The maximum atomic E-state index is 15.1. The maximum absolute atomic E-state index is 15.1. The average molecular weight is 474 g/mol. The van der Waals surface area contributed by atoms with Crippen molar-refractivity contribution in [1.82, 2.24) is 0 Å². The third-order valence-electron chi connectivity index (χ3n) is 6.20. The number of nitrogens with zero attached hydrogens (tertiary/aromatic N) is 1. The molecule has 1 fully saturated rings. The lowest BCUT2D eigenvalue weighted by molar-refractivity contribution is -0.132. The molecule has 6 heteroatoms. The van der Waals surface area contributed by atoms with Crippen molar-refractivity contribution in [3.8, 4) is 5.75 Å². The molecule has 0 radical (unpaired) electrons. The standard InChI is InChI=1S/C29H28FNO4/c1-17-9-8-10-19(15-17)31-25(20-11-6-7-12-22(20)30)24(27(33)28(31)34)26(32)18-13-14-23(35-5)21(16-18)29(2,3)4/h6-16,25,32H,1-5H3/b26-24+. The number of ether oxygens (including phenoxy) is 1. The van der Waals surface area contributed by atoms with E-state index < -0.39 is 23.5 Å². The molecule has 1 heterocycles. The Hall–Kier alpha value is -3.93. The molecule has 3 aromatic rings. The number of amides is 1. The molecule has 1 aliphatic rings. The smallest absolute Gasteiger partial charge is 0.300 e. The van der Waals surface area contributed by atoms with Gasteiger partial charge in [0, 0.05) is 22.4 Å². The van der Waals surface area contributed by atoms with Crippen molar-refractivity contribution in [3.63, 3.8) is 0 Å². The molecule has 0 aromatic heterocycles. The number of aliphatic hydroxyl groups is 1. The number of benzene rings is 3. The van der Waals surface area contributed by atoms with Crippen LogP contribution in [-0.2, 0) is 15.0 Å². The molecule has 5 nitrogen and oxygen atoms in total. The topological polar surface area (TPSA) is 66.8 Å². The van der Waals surface area contributed by atoms with Gasteiger partial charge in [0.1, 0.15) is 17.3 Å². The highest BCUT2D eigenvalue weighted by atomic mass is 19.1. The summed E-state index contributed by atoms with van der Waals surface area (Å²) >= 11 is 0. The van der Waals surface area contributed by atoms with Crippen LogP contribution in [0.2, 0.25) is 0 Å². The molecule has 0 aliphatic carbocycles. The van der Waals surface area contributed by atoms with E-state index in [4.69, 9.17) is 4.74 Å². The van der Waals surface area contributed by atoms with Gasteiger partial charge in [0.25, 0.3) is 11.7 Å². The van der Waals surface area contributed by atoms with Crippen LogP contribution in [0.4, 0.5) is 10.1 Å². The first kappa shape index (κ1) is 24.2. The molecule has 1 saturated heterocycles. The summed E-state index contributed by atoms with van der Waals surface area (Å²) in [5.41, 5.74) is 2.14. The predicted octanol–water partition coefficient (Wildman–Crippen LogP) is 6.07.